The Morgan fingerprint density at radius 1 is 1.19 bits per heavy atom. The van der Waals surface area contributed by atoms with Crippen LogP contribution in [-0.2, 0) is 0 Å². The highest BCUT2D eigenvalue weighted by Crippen LogP contribution is 2.23. The average Bonchev–Trinajstić information content (AvgIpc) is 2.49. The van der Waals surface area contributed by atoms with Crippen molar-refractivity contribution >= 4 is 11.6 Å². The van der Waals surface area contributed by atoms with Crippen molar-refractivity contribution in [2.24, 2.45) is 0 Å². The van der Waals surface area contributed by atoms with Crippen LogP contribution in [0.25, 0.3) is 0 Å². The van der Waals surface area contributed by atoms with Gasteiger partial charge in [0.15, 0.2) is 0 Å². The SMILES string of the molecule is CNC(C)c1ccccc1NC(=O)c1ccc(F)c(C)c1. The summed E-state index contributed by atoms with van der Waals surface area (Å²) in [4.78, 5) is 12.3. The second-order valence-electron chi connectivity index (χ2n) is 5.02. The van der Waals surface area contributed by atoms with E-state index in [1.807, 2.05) is 38.2 Å². The van der Waals surface area contributed by atoms with Crippen LogP contribution in [0.1, 0.15) is 34.5 Å². The van der Waals surface area contributed by atoms with E-state index in [2.05, 4.69) is 10.6 Å². The Labute approximate surface area is 124 Å². The van der Waals surface area contributed by atoms with Crippen LogP contribution in [0.5, 0.6) is 0 Å². The third-order valence-electron chi connectivity index (χ3n) is 3.53. The Bertz CT molecular complexity index is 655. The monoisotopic (exact) mass is 286 g/mol. The quantitative estimate of drug-likeness (QED) is 0.900. The molecule has 1 atom stereocenters. The lowest BCUT2D eigenvalue weighted by molar-refractivity contribution is 0.102. The van der Waals surface area contributed by atoms with E-state index in [9.17, 15) is 9.18 Å². The Kier molecular flexibility index (Phi) is 4.70. The van der Waals surface area contributed by atoms with Gasteiger partial charge in [-0.15, -0.1) is 0 Å². The molecule has 0 aromatic heterocycles. The molecule has 110 valence electrons. The van der Waals surface area contributed by atoms with Crippen LogP contribution in [0.2, 0.25) is 0 Å². The summed E-state index contributed by atoms with van der Waals surface area (Å²) in [5, 5.41) is 6.04. The maximum Gasteiger partial charge on any atom is 0.255 e. The number of para-hydroxylation sites is 1. The summed E-state index contributed by atoms with van der Waals surface area (Å²) in [6, 6.07) is 12.1. The van der Waals surface area contributed by atoms with Crippen LogP contribution in [0.4, 0.5) is 10.1 Å². The molecule has 0 heterocycles. The average molecular weight is 286 g/mol. The molecule has 1 unspecified atom stereocenters. The summed E-state index contributed by atoms with van der Waals surface area (Å²) in [6.45, 7) is 3.66. The molecule has 0 aliphatic rings. The number of benzene rings is 2. The minimum atomic E-state index is -0.309. The summed E-state index contributed by atoms with van der Waals surface area (Å²) in [6.07, 6.45) is 0. The molecule has 0 spiro atoms. The number of hydrogen-bond acceptors (Lipinski definition) is 2. The second kappa shape index (κ2) is 6.50. The van der Waals surface area contributed by atoms with Gasteiger partial charge in [0.2, 0.25) is 0 Å². The number of amides is 1. The van der Waals surface area contributed by atoms with Crippen molar-refractivity contribution in [1.82, 2.24) is 5.32 Å². The minimum absolute atomic E-state index is 0.122. The van der Waals surface area contributed by atoms with Crippen LogP contribution in [0.15, 0.2) is 42.5 Å². The molecule has 0 saturated heterocycles. The lowest BCUT2D eigenvalue weighted by atomic mass is 10.1. The van der Waals surface area contributed by atoms with Crippen LogP contribution in [-0.4, -0.2) is 13.0 Å². The second-order valence-corrected chi connectivity index (χ2v) is 5.02. The Balaban J connectivity index is 2.25. The normalized spacial score (nSPS) is 12.0. The summed E-state index contributed by atoms with van der Waals surface area (Å²) in [5.74, 6) is -0.551. The van der Waals surface area contributed by atoms with Crippen molar-refractivity contribution in [3.05, 3.63) is 65.0 Å². The highest BCUT2D eigenvalue weighted by atomic mass is 19.1. The molecule has 0 saturated carbocycles. The van der Waals surface area contributed by atoms with E-state index in [1.165, 1.54) is 12.1 Å². The Morgan fingerprint density at radius 2 is 1.90 bits per heavy atom. The van der Waals surface area contributed by atoms with Gasteiger partial charge in [-0.1, -0.05) is 18.2 Å². The molecule has 2 aromatic carbocycles. The molecule has 3 nitrogen and oxygen atoms in total. The van der Waals surface area contributed by atoms with Crippen molar-refractivity contribution in [3.63, 3.8) is 0 Å². The van der Waals surface area contributed by atoms with Gasteiger partial charge < -0.3 is 10.6 Å². The standard InChI is InChI=1S/C17H19FN2O/c1-11-10-13(8-9-15(11)18)17(21)20-16-7-5-4-6-14(16)12(2)19-3/h4-10,12,19H,1-3H3,(H,20,21). The van der Waals surface area contributed by atoms with Crippen LogP contribution < -0.4 is 10.6 Å². The molecule has 0 aliphatic heterocycles. The lowest BCUT2D eigenvalue weighted by Crippen LogP contribution is -2.18. The number of halogens is 1. The molecule has 21 heavy (non-hydrogen) atoms. The first kappa shape index (κ1) is 15.2. The van der Waals surface area contributed by atoms with Gasteiger partial charge in [-0.05, 0) is 56.3 Å². The number of hydrogen-bond donors (Lipinski definition) is 2. The molecule has 2 N–H and O–H groups in total. The summed E-state index contributed by atoms with van der Waals surface area (Å²) in [7, 11) is 1.87. The van der Waals surface area contributed by atoms with Gasteiger partial charge >= 0.3 is 0 Å². The molecule has 4 heteroatoms. The Morgan fingerprint density at radius 3 is 2.57 bits per heavy atom. The van der Waals surface area contributed by atoms with Gasteiger partial charge in [0.25, 0.3) is 5.91 Å². The molecule has 0 radical (unpaired) electrons. The fraction of sp³-hybridized carbons (Fsp3) is 0.235. The summed E-state index contributed by atoms with van der Waals surface area (Å²) in [5.41, 5.74) is 2.67. The number of aryl methyl sites for hydroxylation is 1. The molecule has 0 bridgehead atoms. The minimum Gasteiger partial charge on any atom is -0.322 e. The Hall–Kier alpha value is -2.20. The van der Waals surface area contributed by atoms with E-state index >= 15 is 0 Å². The van der Waals surface area contributed by atoms with Gasteiger partial charge in [-0.25, -0.2) is 4.39 Å². The van der Waals surface area contributed by atoms with E-state index in [-0.39, 0.29) is 17.8 Å². The predicted octanol–water partition coefficient (Wildman–Crippen LogP) is 3.67. The molecular formula is C17H19FN2O. The maximum absolute atomic E-state index is 13.3. The van der Waals surface area contributed by atoms with Crippen LogP contribution in [0.3, 0.4) is 0 Å². The summed E-state index contributed by atoms with van der Waals surface area (Å²) < 4.78 is 13.3. The number of anilines is 1. The maximum atomic E-state index is 13.3. The van der Waals surface area contributed by atoms with E-state index in [1.54, 1.807) is 13.0 Å². The molecule has 1 amide bonds. The first-order valence-electron chi connectivity index (χ1n) is 6.86. The van der Waals surface area contributed by atoms with Gasteiger partial charge in [0, 0.05) is 17.3 Å². The topological polar surface area (TPSA) is 41.1 Å². The molecular weight excluding hydrogens is 267 g/mol. The zero-order valence-electron chi connectivity index (χ0n) is 12.4. The first-order valence-corrected chi connectivity index (χ1v) is 6.86. The van der Waals surface area contributed by atoms with Gasteiger partial charge in [-0.2, -0.15) is 0 Å². The van der Waals surface area contributed by atoms with Crippen LogP contribution in [0, 0.1) is 12.7 Å². The van der Waals surface area contributed by atoms with E-state index in [0.29, 0.717) is 11.1 Å². The zero-order valence-corrected chi connectivity index (χ0v) is 12.4. The van der Waals surface area contributed by atoms with Crippen molar-refractivity contribution in [1.29, 1.82) is 0 Å². The fourth-order valence-corrected chi connectivity index (χ4v) is 2.12. The van der Waals surface area contributed by atoms with Crippen molar-refractivity contribution in [3.8, 4) is 0 Å². The number of carbonyl (C=O) groups excluding carboxylic acids is 1. The van der Waals surface area contributed by atoms with Crippen LogP contribution >= 0.6 is 0 Å². The largest absolute Gasteiger partial charge is 0.322 e. The van der Waals surface area contributed by atoms with E-state index in [4.69, 9.17) is 0 Å². The van der Waals surface area contributed by atoms with E-state index < -0.39 is 0 Å². The fourth-order valence-electron chi connectivity index (χ4n) is 2.12. The zero-order chi connectivity index (χ0) is 15.4. The van der Waals surface area contributed by atoms with Gasteiger partial charge in [0.1, 0.15) is 5.82 Å². The van der Waals surface area contributed by atoms with Gasteiger partial charge in [-0.3, -0.25) is 4.79 Å². The van der Waals surface area contributed by atoms with Crippen molar-refractivity contribution in [2.45, 2.75) is 19.9 Å². The third-order valence-corrected chi connectivity index (χ3v) is 3.53. The molecule has 2 aromatic rings. The predicted molar refractivity (Wildman–Crippen MR) is 83.0 cm³/mol. The van der Waals surface area contributed by atoms with E-state index in [0.717, 1.165) is 11.3 Å². The third kappa shape index (κ3) is 3.47. The van der Waals surface area contributed by atoms with Crippen molar-refractivity contribution < 1.29 is 9.18 Å². The first-order chi connectivity index (χ1) is 10.0. The highest BCUT2D eigenvalue weighted by molar-refractivity contribution is 6.04. The lowest BCUT2D eigenvalue weighted by Gasteiger charge is -2.16. The number of rotatable bonds is 4. The molecule has 0 fully saturated rings. The smallest absolute Gasteiger partial charge is 0.255 e. The molecule has 0 aliphatic carbocycles. The number of nitrogens with one attached hydrogen (secondary N) is 2. The number of carbonyl (C=O) groups is 1. The molecule has 2 rings (SSSR count). The van der Waals surface area contributed by atoms with Crippen molar-refractivity contribution in [2.75, 3.05) is 12.4 Å². The van der Waals surface area contributed by atoms with Gasteiger partial charge in [0.05, 0.1) is 0 Å². The summed E-state index contributed by atoms with van der Waals surface area (Å²) >= 11 is 0. The highest BCUT2D eigenvalue weighted by Gasteiger charge is 2.12.